The number of benzene rings is 2. The lowest BCUT2D eigenvalue weighted by Gasteiger charge is -2.11. The molecule has 0 spiro atoms. The van der Waals surface area contributed by atoms with Crippen molar-refractivity contribution in [2.75, 3.05) is 11.9 Å². The molecular formula is C18H17Br2NO3. The van der Waals surface area contributed by atoms with E-state index in [-0.39, 0.29) is 13.0 Å². The van der Waals surface area contributed by atoms with Crippen molar-refractivity contribution in [3.05, 3.63) is 62.0 Å². The minimum Gasteiger partial charge on any atom is -0.455 e. The van der Waals surface area contributed by atoms with Crippen LogP contribution in [0.15, 0.2) is 45.3 Å². The number of esters is 1. The van der Waals surface area contributed by atoms with Gasteiger partial charge >= 0.3 is 5.97 Å². The van der Waals surface area contributed by atoms with Crippen LogP contribution in [0, 0.1) is 13.8 Å². The fourth-order valence-corrected chi connectivity index (χ4v) is 3.68. The van der Waals surface area contributed by atoms with E-state index in [4.69, 9.17) is 4.74 Å². The van der Waals surface area contributed by atoms with Crippen molar-refractivity contribution in [3.63, 3.8) is 0 Å². The molecule has 1 amide bonds. The first-order valence-electron chi connectivity index (χ1n) is 7.32. The van der Waals surface area contributed by atoms with Crippen LogP contribution in [0.3, 0.4) is 0 Å². The minimum absolute atomic E-state index is 0.144. The highest BCUT2D eigenvalue weighted by atomic mass is 79.9. The monoisotopic (exact) mass is 453 g/mol. The number of nitrogens with one attached hydrogen (secondary N) is 1. The van der Waals surface area contributed by atoms with Crippen LogP contribution < -0.4 is 5.32 Å². The second-order valence-electron chi connectivity index (χ2n) is 5.47. The van der Waals surface area contributed by atoms with Crippen LogP contribution in [0.4, 0.5) is 5.69 Å². The van der Waals surface area contributed by atoms with Gasteiger partial charge < -0.3 is 10.1 Å². The number of carbonyl (C=O) groups is 2. The molecule has 2 rings (SSSR count). The zero-order valence-electron chi connectivity index (χ0n) is 13.4. The predicted molar refractivity (Wildman–Crippen MR) is 101 cm³/mol. The number of hydrogen-bond donors (Lipinski definition) is 1. The third-order valence-electron chi connectivity index (χ3n) is 3.28. The maximum Gasteiger partial charge on any atom is 0.310 e. The van der Waals surface area contributed by atoms with Crippen molar-refractivity contribution in [3.8, 4) is 0 Å². The summed E-state index contributed by atoms with van der Waals surface area (Å²) in [5, 5.41) is 2.72. The largest absolute Gasteiger partial charge is 0.455 e. The number of rotatable bonds is 5. The van der Waals surface area contributed by atoms with Crippen LogP contribution in [0.1, 0.15) is 16.7 Å². The maximum atomic E-state index is 12.0. The van der Waals surface area contributed by atoms with Gasteiger partial charge in [0.15, 0.2) is 6.61 Å². The summed E-state index contributed by atoms with van der Waals surface area (Å²) in [6.45, 7) is 3.61. The van der Waals surface area contributed by atoms with Crippen molar-refractivity contribution in [2.45, 2.75) is 20.3 Å². The van der Waals surface area contributed by atoms with Crippen LogP contribution in [0.2, 0.25) is 0 Å². The van der Waals surface area contributed by atoms with Crippen LogP contribution >= 0.6 is 31.9 Å². The first kappa shape index (κ1) is 18.7. The van der Waals surface area contributed by atoms with Gasteiger partial charge in [0.2, 0.25) is 0 Å². The van der Waals surface area contributed by atoms with Gasteiger partial charge in [-0.25, -0.2) is 0 Å². The number of ether oxygens (including phenoxy) is 1. The highest BCUT2D eigenvalue weighted by Gasteiger charge is 2.12. The third-order valence-corrected chi connectivity index (χ3v) is 4.54. The Labute approximate surface area is 157 Å². The summed E-state index contributed by atoms with van der Waals surface area (Å²) in [4.78, 5) is 23.8. The molecule has 0 aliphatic carbocycles. The molecule has 0 bridgehead atoms. The van der Waals surface area contributed by atoms with E-state index in [0.717, 1.165) is 25.6 Å². The summed E-state index contributed by atoms with van der Waals surface area (Å²) in [6.07, 6.45) is 0.144. The topological polar surface area (TPSA) is 55.4 Å². The first-order valence-corrected chi connectivity index (χ1v) is 8.90. The molecule has 6 heteroatoms. The Morgan fingerprint density at radius 2 is 1.58 bits per heavy atom. The van der Waals surface area contributed by atoms with Crippen LogP contribution in [0.5, 0.6) is 0 Å². The molecule has 0 saturated carbocycles. The average molecular weight is 455 g/mol. The fraction of sp³-hybridized carbons (Fsp3) is 0.222. The van der Waals surface area contributed by atoms with Gasteiger partial charge in [-0.2, -0.15) is 0 Å². The van der Waals surface area contributed by atoms with Crippen LogP contribution in [-0.2, 0) is 20.7 Å². The zero-order chi connectivity index (χ0) is 17.7. The Morgan fingerprint density at radius 1 is 1.00 bits per heavy atom. The van der Waals surface area contributed by atoms with Crippen molar-refractivity contribution in [1.29, 1.82) is 0 Å². The molecule has 0 saturated heterocycles. The Hall–Kier alpha value is -1.66. The minimum atomic E-state index is -0.434. The summed E-state index contributed by atoms with van der Waals surface area (Å²) in [6, 6.07) is 11.4. The quantitative estimate of drug-likeness (QED) is 0.674. The van der Waals surface area contributed by atoms with E-state index < -0.39 is 11.9 Å². The maximum absolute atomic E-state index is 12.0. The Kier molecular flexibility index (Phi) is 6.57. The summed E-state index contributed by atoms with van der Waals surface area (Å²) < 4.78 is 6.55. The van der Waals surface area contributed by atoms with E-state index in [1.807, 2.05) is 50.2 Å². The number of halogens is 2. The standard InChI is InChI=1S/C18H17Br2NO3/c1-11-3-5-13(6-4-11)9-17(23)24-10-16(22)21-18-14(19)7-12(2)8-15(18)20/h3-8H,9-10H2,1-2H3,(H,21,22). The van der Waals surface area contributed by atoms with E-state index in [0.29, 0.717) is 5.69 Å². The number of aryl methyl sites for hydroxylation is 2. The number of amides is 1. The molecule has 24 heavy (non-hydrogen) atoms. The molecule has 0 fully saturated rings. The zero-order valence-corrected chi connectivity index (χ0v) is 16.5. The van der Waals surface area contributed by atoms with Gasteiger partial charge in [0, 0.05) is 8.95 Å². The van der Waals surface area contributed by atoms with Gasteiger partial charge in [-0.1, -0.05) is 29.8 Å². The smallest absolute Gasteiger partial charge is 0.310 e. The molecule has 0 aromatic heterocycles. The van der Waals surface area contributed by atoms with Gasteiger partial charge in [0.25, 0.3) is 5.91 Å². The first-order chi connectivity index (χ1) is 11.3. The van der Waals surface area contributed by atoms with Gasteiger partial charge in [0.05, 0.1) is 12.1 Å². The third kappa shape index (κ3) is 5.46. The molecule has 126 valence electrons. The van der Waals surface area contributed by atoms with E-state index in [2.05, 4.69) is 37.2 Å². The van der Waals surface area contributed by atoms with Crippen molar-refractivity contribution < 1.29 is 14.3 Å². The second-order valence-corrected chi connectivity index (χ2v) is 7.18. The summed E-state index contributed by atoms with van der Waals surface area (Å²) >= 11 is 6.81. The molecule has 0 radical (unpaired) electrons. The lowest BCUT2D eigenvalue weighted by Crippen LogP contribution is -2.22. The van der Waals surface area contributed by atoms with Gasteiger partial charge in [-0.15, -0.1) is 0 Å². The Morgan fingerprint density at radius 3 is 2.17 bits per heavy atom. The molecule has 1 N–H and O–H groups in total. The summed E-state index contributed by atoms with van der Waals surface area (Å²) in [5.74, 6) is -0.825. The Balaban J connectivity index is 1.87. The number of anilines is 1. The van der Waals surface area contributed by atoms with E-state index in [1.54, 1.807) is 0 Å². The van der Waals surface area contributed by atoms with Gasteiger partial charge in [-0.05, 0) is 69.0 Å². The normalized spacial score (nSPS) is 10.3. The summed E-state index contributed by atoms with van der Waals surface area (Å²) in [7, 11) is 0. The molecule has 0 aliphatic heterocycles. The van der Waals surface area contributed by atoms with E-state index in [9.17, 15) is 9.59 Å². The molecular weight excluding hydrogens is 438 g/mol. The fourth-order valence-electron chi connectivity index (χ4n) is 2.06. The molecule has 2 aromatic carbocycles. The molecule has 4 nitrogen and oxygen atoms in total. The molecule has 0 unspecified atom stereocenters. The molecule has 0 atom stereocenters. The second kappa shape index (κ2) is 8.44. The lowest BCUT2D eigenvalue weighted by molar-refractivity contribution is -0.146. The van der Waals surface area contributed by atoms with Gasteiger partial charge in [0.1, 0.15) is 0 Å². The van der Waals surface area contributed by atoms with Crippen molar-refractivity contribution in [2.24, 2.45) is 0 Å². The van der Waals surface area contributed by atoms with E-state index in [1.165, 1.54) is 0 Å². The Bertz CT molecular complexity index is 734. The number of hydrogen-bond acceptors (Lipinski definition) is 3. The predicted octanol–water partition coefficient (Wildman–Crippen LogP) is 4.55. The average Bonchev–Trinajstić information content (AvgIpc) is 2.51. The molecule has 0 aliphatic rings. The lowest BCUT2D eigenvalue weighted by atomic mass is 10.1. The van der Waals surface area contributed by atoms with Crippen molar-refractivity contribution >= 4 is 49.4 Å². The van der Waals surface area contributed by atoms with Gasteiger partial charge in [-0.3, -0.25) is 9.59 Å². The highest BCUT2D eigenvalue weighted by Crippen LogP contribution is 2.32. The number of carbonyl (C=O) groups excluding carboxylic acids is 2. The van der Waals surface area contributed by atoms with Crippen molar-refractivity contribution in [1.82, 2.24) is 0 Å². The SMILES string of the molecule is Cc1ccc(CC(=O)OCC(=O)Nc2c(Br)cc(C)cc2Br)cc1. The van der Waals surface area contributed by atoms with Crippen LogP contribution in [-0.4, -0.2) is 18.5 Å². The highest BCUT2D eigenvalue weighted by molar-refractivity contribution is 9.11. The summed E-state index contributed by atoms with van der Waals surface area (Å²) in [5.41, 5.74) is 3.65. The molecule has 2 aromatic rings. The van der Waals surface area contributed by atoms with E-state index >= 15 is 0 Å². The molecule has 0 heterocycles. The van der Waals surface area contributed by atoms with Crippen LogP contribution in [0.25, 0.3) is 0 Å².